The van der Waals surface area contributed by atoms with Crippen molar-refractivity contribution in [2.45, 2.75) is 29.3 Å². The highest BCUT2D eigenvalue weighted by atomic mass is 32.2. The first-order valence-electron chi connectivity index (χ1n) is 7.78. The summed E-state index contributed by atoms with van der Waals surface area (Å²) in [5.41, 5.74) is 13.6. The minimum Gasteiger partial charge on any atom is -0.207 e. The lowest BCUT2D eigenvalue weighted by Gasteiger charge is -2.19. The molecule has 23 heavy (non-hydrogen) atoms. The summed E-state index contributed by atoms with van der Waals surface area (Å²) >= 11 is 1.83. The quantitative estimate of drug-likeness (QED) is 0.416. The molecule has 1 aliphatic heterocycles. The minimum atomic E-state index is -0.174. The van der Waals surface area contributed by atoms with E-state index in [1.54, 1.807) is 12.1 Å². The van der Waals surface area contributed by atoms with Gasteiger partial charge in [0.25, 0.3) is 0 Å². The molecule has 1 saturated heterocycles. The highest BCUT2D eigenvalue weighted by molar-refractivity contribution is 8.00. The van der Waals surface area contributed by atoms with Gasteiger partial charge in [0.15, 0.2) is 0 Å². The largest absolute Gasteiger partial charge is 0.207 e. The van der Waals surface area contributed by atoms with Crippen LogP contribution in [0.3, 0.4) is 0 Å². The number of hydrogen-bond acceptors (Lipinski definition) is 2. The fourth-order valence-electron chi connectivity index (χ4n) is 3.84. The van der Waals surface area contributed by atoms with E-state index < -0.39 is 0 Å². The monoisotopic (exact) mass is 325 g/mol. The van der Waals surface area contributed by atoms with Gasteiger partial charge in [-0.25, -0.2) is 4.39 Å². The number of halogens is 1. The van der Waals surface area contributed by atoms with Crippen LogP contribution in [-0.4, -0.2) is 11.8 Å². The number of benzene rings is 2. The van der Waals surface area contributed by atoms with E-state index >= 15 is 0 Å². The van der Waals surface area contributed by atoms with Crippen molar-refractivity contribution in [2.24, 2.45) is 5.11 Å². The van der Waals surface area contributed by atoms with E-state index in [0.29, 0.717) is 17.7 Å². The molecule has 116 valence electrons. The van der Waals surface area contributed by atoms with Crippen molar-refractivity contribution >= 4 is 11.8 Å². The van der Waals surface area contributed by atoms with Gasteiger partial charge in [-0.15, -0.1) is 11.8 Å². The SMILES string of the molecule is [N-]=[N+]=NC[C@@H]1C[C@@H]2c3ccccc3Cc3ccc(F)cc3[C@H]2S1. The fourth-order valence-corrected chi connectivity index (χ4v) is 5.54. The Hall–Kier alpha value is -1.97. The summed E-state index contributed by atoms with van der Waals surface area (Å²) in [7, 11) is 0. The van der Waals surface area contributed by atoms with Crippen LogP contribution in [0.5, 0.6) is 0 Å². The van der Waals surface area contributed by atoms with Crippen LogP contribution in [0.25, 0.3) is 10.4 Å². The lowest BCUT2D eigenvalue weighted by atomic mass is 9.87. The third-order valence-corrected chi connectivity index (χ3v) is 6.42. The van der Waals surface area contributed by atoms with Crippen molar-refractivity contribution in [1.29, 1.82) is 0 Å². The average Bonchev–Trinajstić information content (AvgIpc) is 2.94. The molecule has 0 N–H and O–H groups in total. The smallest absolute Gasteiger partial charge is 0.123 e. The van der Waals surface area contributed by atoms with Gasteiger partial charge in [-0.05, 0) is 52.8 Å². The van der Waals surface area contributed by atoms with Crippen LogP contribution < -0.4 is 0 Å². The molecule has 1 fully saturated rings. The summed E-state index contributed by atoms with van der Waals surface area (Å²) in [6, 6.07) is 13.7. The van der Waals surface area contributed by atoms with Gasteiger partial charge in [0.05, 0.1) is 0 Å². The van der Waals surface area contributed by atoms with Gasteiger partial charge >= 0.3 is 0 Å². The summed E-state index contributed by atoms with van der Waals surface area (Å²) in [6.45, 7) is 0.501. The van der Waals surface area contributed by atoms with Crippen LogP contribution in [0.1, 0.15) is 39.8 Å². The summed E-state index contributed by atoms with van der Waals surface area (Å²) in [5, 5.41) is 4.28. The normalized spacial score (nSPS) is 24.8. The van der Waals surface area contributed by atoms with E-state index in [1.165, 1.54) is 16.7 Å². The Morgan fingerprint density at radius 1 is 1.17 bits per heavy atom. The third kappa shape index (κ3) is 2.60. The van der Waals surface area contributed by atoms with Gasteiger partial charge < -0.3 is 0 Å². The molecule has 0 aromatic heterocycles. The second-order valence-electron chi connectivity index (χ2n) is 6.15. The molecule has 4 rings (SSSR count). The molecule has 0 amide bonds. The molecule has 1 heterocycles. The molecule has 2 aromatic rings. The van der Waals surface area contributed by atoms with Gasteiger partial charge in [-0.1, -0.05) is 35.4 Å². The van der Waals surface area contributed by atoms with Crippen LogP contribution in [0.2, 0.25) is 0 Å². The van der Waals surface area contributed by atoms with E-state index in [-0.39, 0.29) is 11.1 Å². The van der Waals surface area contributed by atoms with E-state index in [1.807, 2.05) is 17.8 Å². The Labute approximate surface area is 138 Å². The van der Waals surface area contributed by atoms with E-state index in [4.69, 9.17) is 5.53 Å². The zero-order chi connectivity index (χ0) is 15.8. The molecule has 2 aromatic carbocycles. The van der Waals surface area contributed by atoms with Crippen LogP contribution in [0, 0.1) is 5.82 Å². The molecule has 0 unspecified atom stereocenters. The van der Waals surface area contributed by atoms with Crippen LogP contribution in [0.15, 0.2) is 47.6 Å². The summed E-state index contributed by atoms with van der Waals surface area (Å²) in [6.07, 6.45) is 1.84. The highest BCUT2D eigenvalue weighted by Crippen LogP contribution is 2.56. The lowest BCUT2D eigenvalue weighted by molar-refractivity contribution is 0.613. The van der Waals surface area contributed by atoms with Gasteiger partial charge in [-0.2, -0.15) is 0 Å². The maximum absolute atomic E-state index is 13.8. The van der Waals surface area contributed by atoms with Crippen molar-refractivity contribution in [3.63, 3.8) is 0 Å². The molecule has 0 saturated carbocycles. The molecule has 3 nitrogen and oxygen atoms in total. The first-order valence-corrected chi connectivity index (χ1v) is 8.73. The van der Waals surface area contributed by atoms with Gasteiger partial charge in [0, 0.05) is 27.9 Å². The summed E-state index contributed by atoms with van der Waals surface area (Å²) < 4.78 is 13.8. The molecule has 2 aliphatic rings. The average molecular weight is 325 g/mol. The predicted molar refractivity (Wildman–Crippen MR) is 91.1 cm³/mol. The van der Waals surface area contributed by atoms with Crippen molar-refractivity contribution in [2.75, 3.05) is 6.54 Å². The second-order valence-corrected chi connectivity index (χ2v) is 7.60. The number of nitrogens with zero attached hydrogens (tertiary/aromatic N) is 3. The zero-order valence-corrected chi connectivity index (χ0v) is 13.3. The summed E-state index contributed by atoms with van der Waals surface area (Å²) in [4.78, 5) is 2.89. The Bertz CT molecular complexity index is 801. The van der Waals surface area contributed by atoms with Gasteiger partial charge in [0.1, 0.15) is 5.82 Å². The third-order valence-electron chi connectivity index (χ3n) is 4.82. The Morgan fingerprint density at radius 3 is 2.87 bits per heavy atom. The molecule has 0 bridgehead atoms. The van der Waals surface area contributed by atoms with Crippen LogP contribution in [0.4, 0.5) is 4.39 Å². The number of fused-ring (bicyclic) bond motifs is 5. The number of thioether (sulfide) groups is 1. The topological polar surface area (TPSA) is 48.8 Å². The van der Waals surface area contributed by atoms with E-state index in [2.05, 4.69) is 34.3 Å². The number of hydrogen-bond donors (Lipinski definition) is 0. The molecule has 5 heteroatoms. The van der Waals surface area contributed by atoms with Crippen molar-refractivity contribution < 1.29 is 4.39 Å². The molecule has 0 spiro atoms. The van der Waals surface area contributed by atoms with Crippen LogP contribution >= 0.6 is 11.8 Å². The number of rotatable bonds is 2. The number of azide groups is 1. The minimum absolute atomic E-state index is 0.174. The molecule has 0 radical (unpaired) electrons. The first-order chi connectivity index (χ1) is 11.3. The van der Waals surface area contributed by atoms with Crippen molar-refractivity contribution in [1.82, 2.24) is 0 Å². The van der Waals surface area contributed by atoms with Crippen molar-refractivity contribution in [3.05, 3.63) is 81.0 Å². The van der Waals surface area contributed by atoms with Crippen LogP contribution in [-0.2, 0) is 6.42 Å². The zero-order valence-electron chi connectivity index (χ0n) is 12.5. The van der Waals surface area contributed by atoms with Crippen molar-refractivity contribution in [3.8, 4) is 0 Å². The summed E-state index contributed by atoms with van der Waals surface area (Å²) in [5.74, 6) is 0.186. The van der Waals surface area contributed by atoms with Gasteiger partial charge in [0.2, 0.25) is 0 Å². The molecular weight excluding hydrogens is 309 g/mol. The Morgan fingerprint density at radius 2 is 2.00 bits per heavy atom. The fraction of sp³-hybridized carbons (Fsp3) is 0.333. The molecular formula is C18H16FN3S. The molecule has 3 atom stereocenters. The maximum atomic E-state index is 13.8. The van der Waals surface area contributed by atoms with E-state index in [9.17, 15) is 4.39 Å². The second kappa shape index (κ2) is 5.91. The maximum Gasteiger partial charge on any atom is 0.123 e. The van der Waals surface area contributed by atoms with E-state index in [0.717, 1.165) is 18.4 Å². The standard InChI is InChI=1S/C18H16FN3S/c19-13-6-5-12-7-11-3-1-2-4-15(11)17-9-14(10-21-22-20)23-18(17)16(12)8-13/h1-6,8,14,17-18H,7,9-10H2/t14-,17+,18+/m0/s1. The van der Waals surface area contributed by atoms with Gasteiger partial charge in [-0.3, -0.25) is 0 Å². The Balaban J connectivity index is 1.82. The predicted octanol–water partition coefficient (Wildman–Crippen LogP) is 5.37. The first kappa shape index (κ1) is 14.6. The highest BCUT2D eigenvalue weighted by Gasteiger charge is 2.40. The Kier molecular flexibility index (Phi) is 3.76. The lowest BCUT2D eigenvalue weighted by Crippen LogP contribution is -2.05. The molecule has 1 aliphatic carbocycles.